The van der Waals surface area contributed by atoms with Crippen LogP contribution in [0.5, 0.6) is 0 Å². The molecule has 4 aromatic rings. The van der Waals surface area contributed by atoms with Gasteiger partial charge in [0.05, 0.1) is 27.7 Å². The third kappa shape index (κ3) is 7.17. The van der Waals surface area contributed by atoms with Gasteiger partial charge in [-0.3, -0.25) is 9.69 Å². The first-order valence-electron chi connectivity index (χ1n) is 16.4. The highest BCUT2D eigenvalue weighted by Gasteiger charge is 2.29. The van der Waals surface area contributed by atoms with Gasteiger partial charge >= 0.3 is 0 Å². The van der Waals surface area contributed by atoms with Crippen LogP contribution in [-0.4, -0.2) is 67.6 Å². The second-order valence-electron chi connectivity index (χ2n) is 12.8. The lowest BCUT2D eigenvalue weighted by Gasteiger charge is -2.40. The van der Waals surface area contributed by atoms with Gasteiger partial charge in [0, 0.05) is 35.4 Å². The Balaban J connectivity index is 1.45. The Labute approximate surface area is 271 Å². The molecular weight excluding hydrogens is 599 g/mol. The molecule has 0 aliphatic carbocycles. The summed E-state index contributed by atoms with van der Waals surface area (Å²) < 4.78 is 38.8. The number of pyridine rings is 1. The number of nitrogens with one attached hydrogen (secondary N) is 1. The van der Waals surface area contributed by atoms with E-state index in [0.717, 1.165) is 42.6 Å². The first-order chi connectivity index (χ1) is 22.2. The molecule has 0 bridgehead atoms. The molecule has 0 radical (unpaired) electrons. The van der Waals surface area contributed by atoms with Crippen molar-refractivity contribution in [2.75, 3.05) is 32.4 Å². The van der Waals surface area contributed by atoms with E-state index in [1.54, 1.807) is 30.3 Å². The van der Waals surface area contributed by atoms with Crippen molar-refractivity contribution in [2.24, 2.45) is 0 Å². The number of rotatable bonds is 9. The summed E-state index contributed by atoms with van der Waals surface area (Å²) in [7, 11) is -3.54. The number of fused-ring (bicyclic) bond motifs is 1. The number of nitrogens with zero attached hydrogens (tertiary/aromatic N) is 3. The molecule has 9 heteroatoms. The average Bonchev–Trinajstić information content (AvgIpc) is 3.08. The van der Waals surface area contributed by atoms with Crippen molar-refractivity contribution in [1.82, 2.24) is 20.1 Å². The number of hydrogen-bond acceptors (Lipinski definition) is 6. The van der Waals surface area contributed by atoms with Crippen LogP contribution in [0, 0.1) is 0 Å². The molecule has 0 unspecified atom stereocenters. The second kappa shape index (κ2) is 14.0. The third-order valence-corrected chi connectivity index (χ3v) is 10.7. The second-order valence-corrected chi connectivity index (χ2v) is 14.8. The number of halogens is 1. The van der Waals surface area contributed by atoms with Crippen molar-refractivity contribution in [3.63, 3.8) is 0 Å². The molecule has 2 aliphatic rings. The quantitative estimate of drug-likeness (QED) is 0.219. The van der Waals surface area contributed by atoms with E-state index in [1.165, 1.54) is 38.6 Å². The summed E-state index contributed by atoms with van der Waals surface area (Å²) in [6.07, 6.45) is 7.14. The standard InChI is InChI=1S/C37H43FN4O3S/c1-26(28-9-5-3-6-10-28)39-37(43)35-32-23-31(46(2,44)45)15-16-34(32)40-36(29-13-11-27(24-38)12-14-29)33(35)25-41-21-17-30(18-22-41)42-19-7-4-8-20-42/h3,5-6,9-16,23,26,30H,4,7-8,17-22,24-25H2,1-2H3,(H,39,43)/t26-/m0/s1. The molecule has 7 nitrogen and oxygen atoms in total. The van der Waals surface area contributed by atoms with Crippen LogP contribution in [0.25, 0.3) is 22.2 Å². The smallest absolute Gasteiger partial charge is 0.252 e. The van der Waals surface area contributed by atoms with Crippen LogP contribution >= 0.6 is 0 Å². The minimum Gasteiger partial charge on any atom is -0.345 e. The maximum absolute atomic E-state index is 14.4. The number of piperidine rings is 2. The van der Waals surface area contributed by atoms with E-state index in [9.17, 15) is 17.6 Å². The fraction of sp³-hybridized carbons (Fsp3) is 0.405. The number of alkyl halides is 1. The summed E-state index contributed by atoms with van der Waals surface area (Å²) in [6.45, 7) is 6.00. The Bertz CT molecular complexity index is 1780. The molecule has 46 heavy (non-hydrogen) atoms. The largest absolute Gasteiger partial charge is 0.345 e. The Kier molecular flexibility index (Phi) is 9.82. The number of carbonyl (C=O) groups is 1. The van der Waals surface area contributed by atoms with Gasteiger partial charge in [-0.2, -0.15) is 0 Å². The average molecular weight is 643 g/mol. The fourth-order valence-electron chi connectivity index (χ4n) is 6.96. The fourth-order valence-corrected chi connectivity index (χ4v) is 7.61. The highest BCUT2D eigenvalue weighted by molar-refractivity contribution is 7.90. The molecular formula is C37H43FN4O3S. The first kappa shape index (κ1) is 32.3. The van der Waals surface area contributed by atoms with Gasteiger partial charge in [-0.05, 0) is 88.1 Å². The molecule has 3 aromatic carbocycles. The molecule has 1 amide bonds. The number of aromatic nitrogens is 1. The monoisotopic (exact) mass is 642 g/mol. The molecule has 2 saturated heterocycles. The SMILES string of the molecule is C[C@H](NC(=O)c1c(CN2CCC(N3CCCCC3)CC2)c(-c2ccc(CF)cc2)nc2ccc(S(C)(=O)=O)cc12)c1ccccc1. The predicted molar refractivity (Wildman–Crippen MR) is 181 cm³/mol. The minimum absolute atomic E-state index is 0.139. The van der Waals surface area contributed by atoms with Crippen LogP contribution in [0.4, 0.5) is 4.39 Å². The van der Waals surface area contributed by atoms with Crippen molar-refractivity contribution in [3.05, 3.63) is 95.1 Å². The maximum atomic E-state index is 14.4. The molecule has 0 saturated carbocycles. The number of sulfone groups is 1. The van der Waals surface area contributed by atoms with Crippen molar-refractivity contribution < 1.29 is 17.6 Å². The van der Waals surface area contributed by atoms with Crippen LogP contribution in [0.1, 0.15) is 72.1 Å². The number of carbonyl (C=O) groups excluding carboxylic acids is 1. The summed E-state index contributed by atoms with van der Waals surface area (Å²) in [4.78, 5) is 24.7. The summed E-state index contributed by atoms with van der Waals surface area (Å²) in [5, 5.41) is 3.70. The first-order valence-corrected chi connectivity index (χ1v) is 18.2. The third-order valence-electron chi connectivity index (χ3n) is 9.59. The van der Waals surface area contributed by atoms with E-state index in [4.69, 9.17) is 4.98 Å². The van der Waals surface area contributed by atoms with Crippen LogP contribution in [0.3, 0.4) is 0 Å². The van der Waals surface area contributed by atoms with E-state index in [-0.39, 0.29) is 16.8 Å². The van der Waals surface area contributed by atoms with E-state index < -0.39 is 16.5 Å². The lowest BCUT2D eigenvalue weighted by molar-refractivity contribution is 0.0883. The molecule has 2 fully saturated rings. The van der Waals surface area contributed by atoms with Crippen LogP contribution < -0.4 is 5.32 Å². The highest BCUT2D eigenvalue weighted by atomic mass is 32.2. The maximum Gasteiger partial charge on any atom is 0.252 e. The summed E-state index contributed by atoms with van der Waals surface area (Å²) in [6, 6.07) is 22.1. The van der Waals surface area contributed by atoms with Crippen LogP contribution in [-0.2, 0) is 23.1 Å². The van der Waals surface area contributed by atoms with Crippen molar-refractivity contribution in [3.8, 4) is 11.3 Å². The zero-order valence-electron chi connectivity index (χ0n) is 26.7. The van der Waals surface area contributed by atoms with Gasteiger partial charge < -0.3 is 10.2 Å². The molecule has 1 aromatic heterocycles. The molecule has 1 atom stereocenters. The topological polar surface area (TPSA) is 82.6 Å². The van der Waals surface area contributed by atoms with E-state index in [0.29, 0.717) is 40.3 Å². The molecule has 3 heterocycles. The molecule has 6 rings (SSSR count). The van der Waals surface area contributed by atoms with Crippen molar-refractivity contribution in [2.45, 2.75) is 69.2 Å². The number of amides is 1. The van der Waals surface area contributed by atoms with Crippen LogP contribution in [0.15, 0.2) is 77.7 Å². The lowest BCUT2D eigenvalue weighted by atomic mass is 9.93. The summed E-state index contributed by atoms with van der Waals surface area (Å²) in [5.41, 5.74) is 4.69. The zero-order chi connectivity index (χ0) is 32.3. The molecule has 0 spiro atoms. The highest BCUT2D eigenvalue weighted by Crippen LogP contribution is 2.34. The van der Waals surface area contributed by atoms with Gasteiger partial charge in [-0.25, -0.2) is 17.8 Å². The van der Waals surface area contributed by atoms with Gasteiger partial charge in [0.15, 0.2) is 9.84 Å². The van der Waals surface area contributed by atoms with Gasteiger partial charge in [-0.1, -0.05) is 61.0 Å². The number of hydrogen-bond donors (Lipinski definition) is 1. The van der Waals surface area contributed by atoms with Crippen molar-refractivity contribution in [1.29, 1.82) is 0 Å². The Morgan fingerprint density at radius 2 is 1.65 bits per heavy atom. The van der Waals surface area contributed by atoms with E-state index in [2.05, 4.69) is 15.1 Å². The van der Waals surface area contributed by atoms with E-state index in [1.807, 2.05) is 49.4 Å². The van der Waals surface area contributed by atoms with Gasteiger partial charge in [0.1, 0.15) is 6.67 Å². The van der Waals surface area contributed by atoms with Crippen molar-refractivity contribution >= 4 is 26.6 Å². The molecule has 242 valence electrons. The van der Waals surface area contributed by atoms with Crippen LogP contribution in [0.2, 0.25) is 0 Å². The molecule has 1 N–H and O–H groups in total. The van der Waals surface area contributed by atoms with E-state index >= 15 is 0 Å². The predicted octanol–water partition coefficient (Wildman–Crippen LogP) is 6.72. The lowest BCUT2D eigenvalue weighted by Crippen LogP contribution is -2.46. The normalized spacial score (nSPS) is 17.6. The molecule has 2 aliphatic heterocycles. The van der Waals surface area contributed by atoms with Gasteiger partial charge in [0.2, 0.25) is 0 Å². The summed E-state index contributed by atoms with van der Waals surface area (Å²) >= 11 is 0. The Morgan fingerprint density at radius 3 is 2.30 bits per heavy atom. The Morgan fingerprint density at radius 1 is 0.957 bits per heavy atom. The summed E-state index contributed by atoms with van der Waals surface area (Å²) in [5.74, 6) is -0.283. The number of likely N-dealkylation sites (tertiary alicyclic amines) is 2. The Hall–Kier alpha value is -3.66. The number of benzene rings is 3. The van der Waals surface area contributed by atoms with Gasteiger partial charge in [-0.15, -0.1) is 0 Å². The zero-order valence-corrected chi connectivity index (χ0v) is 27.5. The minimum atomic E-state index is -3.54. The van der Waals surface area contributed by atoms with Gasteiger partial charge in [0.25, 0.3) is 5.91 Å².